The Morgan fingerprint density at radius 1 is 1.53 bits per heavy atom. The van der Waals surface area contributed by atoms with E-state index in [4.69, 9.17) is 33.7 Å². The Bertz CT molecular complexity index is 482. The second-order valence-electron chi connectivity index (χ2n) is 4.61. The average Bonchev–Trinajstić information content (AvgIpc) is 2.34. The van der Waals surface area contributed by atoms with E-state index in [-0.39, 0.29) is 12.0 Å². The predicted molar refractivity (Wildman–Crippen MR) is 75.3 cm³/mol. The van der Waals surface area contributed by atoms with Crippen LogP contribution in [0.5, 0.6) is 0 Å². The number of halogens is 2. The molecule has 2 rings (SSSR count). The number of nitrogens with zero attached hydrogens (tertiary/aromatic N) is 1. The second kappa shape index (κ2) is 6.09. The van der Waals surface area contributed by atoms with Gasteiger partial charge in [0.05, 0.1) is 22.8 Å². The molecule has 0 unspecified atom stereocenters. The van der Waals surface area contributed by atoms with Gasteiger partial charge in [0, 0.05) is 13.1 Å². The Kier molecular flexibility index (Phi) is 4.68. The number of nitrogens with two attached hydrogens (primary N) is 1. The molecule has 0 radical (unpaired) electrons. The molecule has 1 amide bonds. The van der Waals surface area contributed by atoms with E-state index in [9.17, 15) is 4.79 Å². The first-order valence-corrected chi connectivity index (χ1v) is 6.84. The lowest BCUT2D eigenvalue weighted by Gasteiger charge is -2.38. The van der Waals surface area contributed by atoms with Crippen molar-refractivity contribution >= 4 is 29.1 Å². The van der Waals surface area contributed by atoms with Crippen molar-refractivity contribution in [3.05, 3.63) is 33.8 Å². The number of carbonyl (C=O) groups excluding carboxylic acids is 1. The van der Waals surface area contributed by atoms with E-state index < -0.39 is 6.04 Å². The smallest absolute Gasteiger partial charge is 0.237 e. The zero-order chi connectivity index (χ0) is 14.0. The van der Waals surface area contributed by atoms with Crippen LogP contribution in [0.25, 0.3) is 0 Å². The van der Waals surface area contributed by atoms with Gasteiger partial charge in [-0.1, -0.05) is 35.3 Å². The van der Waals surface area contributed by atoms with Gasteiger partial charge in [0.2, 0.25) is 5.91 Å². The van der Waals surface area contributed by atoms with Gasteiger partial charge >= 0.3 is 0 Å². The molecule has 0 bridgehead atoms. The molecule has 4 nitrogen and oxygen atoms in total. The van der Waals surface area contributed by atoms with Gasteiger partial charge in [0.1, 0.15) is 6.04 Å². The highest BCUT2D eigenvalue weighted by molar-refractivity contribution is 6.42. The van der Waals surface area contributed by atoms with Crippen molar-refractivity contribution in [1.29, 1.82) is 0 Å². The van der Waals surface area contributed by atoms with Gasteiger partial charge in [-0.3, -0.25) is 9.69 Å². The fourth-order valence-corrected chi connectivity index (χ4v) is 2.74. The minimum absolute atomic E-state index is 0.218. The molecule has 1 heterocycles. The molecule has 1 fully saturated rings. The Morgan fingerprint density at radius 2 is 2.26 bits per heavy atom. The summed E-state index contributed by atoms with van der Waals surface area (Å²) in [5.74, 6) is -0.384. The maximum Gasteiger partial charge on any atom is 0.237 e. The lowest BCUT2D eigenvalue weighted by molar-refractivity contribution is -0.136. The Labute approximate surface area is 122 Å². The van der Waals surface area contributed by atoms with E-state index in [0.717, 1.165) is 5.56 Å². The van der Waals surface area contributed by atoms with Crippen molar-refractivity contribution < 1.29 is 9.53 Å². The summed E-state index contributed by atoms with van der Waals surface area (Å²) in [6.07, 6.45) is -0.218. The Balaban J connectivity index is 2.20. The van der Waals surface area contributed by atoms with E-state index in [1.165, 1.54) is 0 Å². The van der Waals surface area contributed by atoms with Crippen LogP contribution in [-0.2, 0) is 16.1 Å². The number of ether oxygens (including phenoxy) is 1. The highest BCUT2D eigenvalue weighted by Gasteiger charge is 2.33. The van der Waals surface area contributed by atoms with Gasteiger partial charge in [0.25, 0.3) is 0 Å². The number of morpholine rings is 1. The number of rotatable bonds is 3. The highest BCUT2D eigenvalue weighted by Crippen LogP contribution is 2.28. The minimum Gasteiger partial charge on any atom is -0.375 e. The van der Waals surface area contributed by atoms with Crippen LogP contribution in [0.4, 0.5) is 0 Å². The van der Waals surface area contributed by atoms with Crippen molar-refractivity contribution in [2.24, 2.45) is 5.73 Å². The summed E-state index contributed by atoms with van der Waals surface area (Å²) in [6, 6.07) is 5.03. The summed E-state index contributed by atoms with van der Waals surface area (Å²) in [4.78, 5) is 13.5. The quantitative estimate of drug-likeness (QED) is 0.930. The molecule has 104 valence electrons. The summed E-state index contributed by atoms with van der Waals surface area (Å²) in [6.45, 7) is 3.59. The fourth-order valence-electron chi connectivity index (χ4n) is 2.36. The van der Waals surface area contributed by atoms with E-state index in [2.05, 4.69) is 0 Å². The first-order chi connectivity index (χ1) is 9.00. The van der Waals surface area contributed by atoms with Crippen LogP contribution in [0.3, 0.4) is 0 Å². The molecule has 0 spiro atoms. The van der Waals surface area contributed by atoms with Gasteiger partial charge in [0.15, 0.2) is 0 Å². The van der Waals surface area contributed by atoms with E-state index in [1.807, 2.05) is 24.0 Å². The fraction of sp³-hybridized carbons (Fsp3) is 0.462. The molecule has 2 N–H and O–H groups in total. The summed E-state index contributed by atoms with van der Waals surface area (Å²) in [5, 5.41) is 1.03. The van der Waals surface area contributed by atoms with Crippen molar-refractivity contribution in [3.63, 3.8) is 0 Å². The Morgan fingerprint density at radius 3 is 2.95 bits per heavy atom. The summed E-state index contributed by atoms with van der Waals surface area (Å²) in [7, 11) is 0. The van der Waals surface area contributed by atoms with Crippen LogP contribution in [0.1, 0.15) is 12.5 Å². The van der Waals surface area contributed by atoms with Crippen molar-refractivity contribution in [3.8, 4) is 0 Å². The highest BCUT2D eigenvalue weighted by atomic mass is 35.5. The first kappa shape index (κ1) is 14.6. The molecule has 0 aliphatic carbocycles. The van der Waals surface area contributed by atoms with E-state index in [0.29, 0.717) is 29.7 Å². The molecule has 2 atom stereocenters. The zero-order valence-corrected chi connectivity index (χ0v) is 12.1. The number of carbonyl (C=O) groups is 1. The van der Waals surface area contributed by atoms with Gasteiger partial charge in [-0.15, -0.1) is 0 Å². The molecule has 1 saturated heterocycles. The van der Waals surface area contributed by atoms with Gasteiger partial charge in [-0.2, -0.15) is 0 Å². The van der Waals surface area contributed by atoms with Crippen molar-refractivity contribution in [2.45, 2.75) is 25.6 Å². The molecule has 0 saturated carbocycles. The average molecular weight is 303 g/mol. The standard InChI is InChI=1S/C13H16Cl2N2O2/c1-8-12(13(16)18)17(5-6-19-8)7-9-3-2-4-10(14)11(9)15/h2-4,8,12H,5-7H2,1H3,(H2,16,18)/t8-,12+/m1/s1. The number of hydrogen-bond donors (Lipinski definition) is 1. The largest absolute Gasteiger partial charge is 0.375 e. The summed E-state index contributed by atoms with van der Waals surface area (Å²) >= 11 is 12.2. The molecule has 19 heavy (non-hydrogen) atoms. The molecule has 1 aromatic rings. The predicted octanol–water partition coefficient (Wildman–Crippen LogP) is 2.07. The molecule has 1 aliphatic heterocycles. The second-order valence-corrected chi connectivity index (χ2v) is 5.39. The normalized spacial score (nSPS) is 24.4. The number of primary amides is 1. The van der Waals surface area contributed by atoms with E-state index >= 15 is 0 Å². The van der Waals surface area contributed by atoms with Gasteiger partial charge in [-0.05, 0) is 18.6 Å². The molecule has 6 heteroatoms. The first-order valence-electron chi connectivity index (χ1n) is 6.08. The molecule has 0 aromatic heterocycles. The monoisotopic (exact) mass is 302 g/mol. The van der Waals surface area contributed by atoms with Crippen LogP contribution in [0.2, 0.25) is 10.0 Å². The molecule has 1 aliphatic rings. The number of hydrogen-bond acceptors (Lipinski definition) is 3. The van der Waals surface area contributed by atoms with Crippen LogP contribution in [0.15, 0.2) is 18.2 Å². The van der Waals surface area contributed by atoms with Crippen LogP contribution >= 0.6 is 23.2 Å². The lowest BCUT2D eigenvalue weighted by Crippen LogP contribution is -2.56. The SMILES string of the molecule is C[C@H]1OCCN(Cc2cccc(Cl)c2Cl)[C@@H]1C(N)=O. The maximum atomic E-state index is 11.6. The third-order valence-electron chi connectivity index (χ3n) is 3.29. The molecule has 1 aromatic carbocycles. The van der Waals surface area contributed by atoms with Gasteiger partial charge in [-0.25, -0.2) is 0 Å². The zero-order valence-electron chi connectivity index (χ0n) is 10.6. The van der Waals surface area contributed by atoms with Crippen LogP contribution in [-0.4, -0.2) is 36.1 Å². The maximum absolute atomic E-state index is 11.6. The minimum atomic E-state index is -0.441. The third kappa shape index (κ3) is 3.20. The molecular formula is C13H16Cl2N2O2. The van der Waals surface area contributed by atoms with Crippen molar-refractivity contribution in [2.75, 3.05) is 13.2 Å². The number of benzene rings is 1. The van der Waals surface area contributed by atoms with Crippen molar-refractivity contribution in [1.82, 2.24) is 4.90 Å². The van der Waals surface area contributed by atoms with Crippen LogP contribution < -0.4 is 5.73 Å². The van der Waals surface area contributed by atoms with Crippen LogP contribution in [0, 0.1) is 0 Å². The Hall–Kier alpha value is -0.810. The summed E-state index contributed by atoms with van der Waals surface area (Å²) in [5.41, 5.74) is 6.33. The third-order valence-corrected chi connectivity index (χ3v) is 4.15. The topological polar surface area (TPSA) is 55.6 Å². The lowest BCUT2D eigenvalue weighted by atomic mass is 10.1. The van der Waals surface area contributed by atoms with E-state index in [1.54, 1.807) is 6.07 Å². The summed E-state index contributed by atoms with van der Waals surface area (Å²) < 4.78 is 5.47. The number of amides is 1. The van der Waals surface area contributed by atoms with Gasteiger partial charge < -0.3 is 10.5 Å². The molecular weight excluding hydrogens is 287 g/mol.